The van der Waals surface area contributed by atoms with E-state index in [1.165, 1.54) is 24.9 Å². The van der Waals surface area contributed by atoms with Gasteiger partial charge in [0.2, 0.25) is 0 Å². The third-order valence-corrected chi connectivity index (χ3v) is 1.10. The minimum Gasteiger partial charge on any atom is -0.245 e. The van der Waals surface area contributed by atoms with Gasteiger partial charge in [0.15, 0.2) is 0 Å². The van der Waals surface area contributed by atoms with Gasteiger partial charge in [-0.1, -0.05) is 0 Å². The molecule has 10 nitrogen and oxygen atoms in total. The van der Waals surface area contributed by atoms with Crippen LogP contribution in [0.4, 0.5) is 9.59 Å². The highest BCUT2D eigenvalue weighted by molar-refractivity contribution is 6.17. The molecule has 1 aliphatic heterocycles. The van der Waals surface area contributed by atoms with Gasteiger partial charge in [0, 0.05) is 0 Å². The number of nitrogens with one attached hydrogen (secondary N) is 4. The van der Waals surface area contributed by atoms with Gasteiger partial charge in [-0.25, -0.2) is 31.3 Å². The third kappa shape index (κ3) is 5.06. The maximum absolute atomic E-state index is 10.9. The van der Waals surface area contributed by atoms with Crippen LogP contribution in [-0.4, -0.2) is 36.9 Å². The molecule has 0 atom stereocenters. The Morgan fingerprint density at radius 3 is 1.12 bits per heavy atom. The monoisotopic (exact) mass is 224 g/mol. The van der Waals surface area contributed by atoms with Crippen molar-refractivity contribution < 1.29 is 9.59 Å². The van der Waals surface area contributed by atoms with Gasteiger partial charge in [0.25, 0.3) is 0 Å². The standard InChI is InChI=1S/C6H8N8O2/c15-5-11-7-1-2-8-12-6(16)14-10-4-3-9-13-5/h1-4H,(H2,11,13,15)(H2,12,14,16)/b7-1-,8-2-,9-3-,10-4-. The summed E-state index contributed by atoms with van der Waals surface area (Å²) in [6, 6.07) is -1.24. The summed E-state index contributed by atoms with van der Waals surface area (Å²) >= 11 is 0. The summed E-state index contributed by atoms with van der Waals surface area (Å²) < 4.78 is 0. The molecule has 10 heteroatoms. The molecule has 0 aromatic rings. The number of hydrogen-bond acceptors (Lipinski definition) is 6. The Morgan fingerprint density at radius 2 is 0.875 bits per heavy atom. The average Bonchev–Trinajstić information content (AvgIpc) is 2.27. The molecule has 1 aliphatic rings. The average molecular weight is 224 g/mol. The first kappa shape index (κ1) is 11.3. The smallest absolute Gasteiger partial charge is 0.245 e. The summed E-state index contributed by atoms with van der Waals surface area (Å²) in [4.78, 5) is 21.8. The Bertz CT molecular complexity index is 303. The van der Waals surface area contributed by atoms with Gasteiger partial charge in [-0.3, -0.25) is 0 Å². The molecule has 1 rings (SSSR count). The lowest BCUT2D eigenvalue weighted by Gasteiger charge is -1.97. The fourth-order valence-corrected chi connectivity index (χ4v) is 0.567. The molecule has 0 saturated heterocycles. The van der Waals surface area contributed by atoms with Crippen LogP contribution in [0.1, 0.15) is 0 Å². The predicted molar refractivity (Wildman–Crippen MR) is 57.3 cm³/mol. The molecule has 0 bridgehead atoms. The number of rotatable bonds is 0. The molecule has 1 heterocycles. The molecule has 16 heavy (non-hydrogen) atoms. The Labute approximate surface area is 89.5 Å². The van der Waals surface area contributed by atoms with Gasteiger partial charge in [-0.2, -0.15) is 20.4 Å². The molecular formula is C6H8N8O2. The molecule has 0 aromatic heterocycles. The molecule has 0 spiro atoms. The fraction of sp³-hybridized carbons (Fsp3) is 0. The Morgan fingerprint density at radius 1 is 0.625 bits per heavy atom. The minimum absolute atomic E-state index is 0.622. The van der Waals surface area contributed by atoms with E-state index in [1.54, 1.807) is 0 Å². The number of hydrogen-bond donors (Lipinski definition) is 4. The van der Waals surface area contributed by atoms with Gasteiger partial charge < -0.3 is 0 Å². The summed E-state index contributed by atoms with van der Waals surface area (Å²) in [6.07, 6.45) is 4.66. The zero-order valence-electron chi connectivity index (χ0n) is 7.91. The number of nitrogens with zero attached hydrogens (tertiary/aromatic N) is 4. The van der Waals surface area contributed by atoms with Crippen molar-refractivity contribution in [2.75, 3.05) is 0 Å². The van der Waals surface area contributed by atoms with Crippen LogP contribution in [0.15, 0.2) is 20.4 Å². The van der Waals surface area contributed by atoms with Crippen LogP contribution >= 0.6 is 0 Å². The van der Waals surface area contributed by atoms with Crippen LogP contribution in [-0.2, 0) is 0 Å². The molecule has 0 aliphatic carbocycles. The van der Waals surface area contributed by atoms with Gasteiger partial charge in [-0.05, 0) is 0 Å². The van der Waals surface area contributed by atoms with Crippen LogP contribution < -0.4 is 21.7 Å². The van der Waals surface area contributed by atoms with E-state index in [2.05, 4.69) is 42.1 Å². The first-order valence-corrected chi connectivity index (χ1v) is 4.00. The molecule has 84 valence electrons. The maximum atomic E-state index is 10.9. The normalized spacial score (nSPS) is 24.8. The molecule has 0 saturated carbocycles. The Balaban J connectivity index is 2.59. The van der Waals surface area contributed by atoms with Crippen molar-refractivity contribution in [3.8, 4) is 0 Å². The lowest BCUT2D eigenvalue weighted by molar-refractivity contribution is 0.241. The fourth-order valence-electron chi connectivity index (χ4n) is 0.567. The van der Waals surface area contributed by atoms with Crippen molar-refractivity contribution in [3.05, 3.63) is 0 Å². The SMILES string of the molecule is O=C1N/N=C\C=N/NC(=O)N/N=C\C=N/N1. The van der Waals surface area contributed by atoms with Crippen molar-refractivity contribution in [1.82, 2.24) is 21.7 Å². The summed E-state index contributed by atoms with van der Waals surface area (Å²) in [6.45, 7) is 0. The number of urea groups is 2. The second-order valence-corrected chi connectivity index (χ2v) is 2.22. The van der Waals surface area contributed by atoms with E-state index in [1.807, 2.05) is 0 Å². The van der Waals surface area contributed by atoms with E-state index < -0.39 is 12.1 Å². The number of carbonyl (C=O) groups is 2. The van der Waals surface area contributed by atoms with Crippen LogP contribution in [0, 0.1) is 0 Å². The highest BCUT2D eigenvalue weighted by atomic mass is 16.2. The van der Waals surface area contributed by atoms with Crippen LogP contribution in [0.2, 0.25) is 0 Å². The van der Waals surface area contributed by atoms with Gasteiger partial charge in [0.1, 0.15) is 0 Å². The lowest BCUT2D eigenvalue weighted by Crippen LogP contribution is -2.30. The van der Waals surface area contributed by atoms with E-state index in [4.69, 9.17) is 0 Å². The Kier molecular flexibility index (Phi) is 4.69. The first-order valence-electron chi connectivity index (χ1n) is 4.00. The second-order valence-electron chi connectivity index (χ2n) is 2.22. The highest BCUT2D eigenvalue weighted by Gasteiger charge is 1.94. The highest BCUT2D eigenvalue weighted by Crippen LogP contribution is 1.68. The summed E-state index contributed by atoms with van der Waals surface area (Å²) in [5, 5.41) is 13.8. The van der Waals surface area contributed by atoms with Crippen molar-refractivity contribution in [1.29, 1.82) is 0 Å². The topological polar surface area (TPSA) is 132 Å². The van der Waals surface area contributed by atoms with Gasteiger partial charge in [-0.15, -0.1) is 0 Å². The zero-order chi connectivity index (χ0) is 11.6. The zero-order valence-corrected chi connectivity index (χ0v) is 7.91. The largest absolute Gasteiger partial charge is 0.355 e. The minimum atomic E-state index is -0.622. The number of hydrazone groups is 4. The first-order chi connectivity index (χ1) is 7.79. The van der Waals surface area contributed by atoms with Crippen LogP contribution in [0.25, 0.3) is 0 Å². The molecule has 0 radical (unpaired) electrons. The molecule has 0 aromatic carbocycles. The predicted octanol–water partition coefficient (Wildman–Crippen LogP) is -1.46. The number of carbonyl (C=O) groups excluding carboxylic acids is 2. The van der Waals surface area contributed by atoms with E-state index in [0.717, 1.165) is 0 Å². The molecule has 4 N–H and O–H groups in total. The van der Waals surface area contributed by atoms with Gasteiger partial charge >= 0.3 is 12.1 Å². The molecular weight excluding hydrogens is 216 g/mol. The van der Waals surface area contributed by atoms with Crippen molar-refractivity contribution in [2.24, 2.45) is 20.4 Å². The molecule has 4 amide bonds. The van der Waals surface area contributed by atoms with E-state index >= 15 is 0 Å². The van der Waals surface area contributed by atoms with E-state index in [0.29, 0.717) is 0 Å². The van der Waals surface area contributed by atoms with Gasteiger partial charge in [0.05, 0.1) is 24.9 Å². The van der Waals surface area contributed by atoms with Crippen LogP contribution in [0.3, 0.4) is 0 Å². The lowest BCUT2D eigenvalue weighted by atomic mass is 10.8. The summed E-state index contributed by atoms with van der Waals surface area (Å²) in [7, 11) is 0. The van der Waals surface area contributed by atoms with Crippen molar-refractivity contribution in [3.63, 3.8) is 0 Å². The van der Waals surface area contributed by atoms with Crippen molar-refractivity contribution >= 4 is 36.9 Å². The van der Waals surface area contributed by atoms with Crippen LogP contribution in [0.5, 0.6) is 0 Å². The molecule has 0 unspecified atom stereocenters. The van der Waals surface area contributed by atoms with Crippen molar-refractivity contribution in [2.45, 2.75) is 0 Å². The maximum Gasteiger partial charge on any atom is 0.355 e. The third-order valence-electron chi connectivity index (χ3n) is 1.10. The summed E-state index contributed by atoms with van der Waals surface area (Å²) in [5.74, 6) is 0. The second kappa shape index (κ2) is 6.64. The van der Waals surface area contributed by atoms with E-state index in [-0.39, 0.29) is 0 Å². The molecule has 0 fully saturated rings. The summed E-state index contributed by atoms with van der Waals surface area (Å²) in [5.41, 5.74) is 8.36. The number of amides is 4. The van der Waals surface area contributed by atoms with E-state index in [9.17, 15) is 9.59 Å². The Hall–Kier alpha value is -2.78. The quantitative estimate of drug-likeness (QED) is 0.400.